The van der Waals surface area contributed by atoms with Gasteiger partial charge in [0.2, 0.25) is 5.91 Å². The molecule has 0 aliphatic heterocycles. The summed E-state index contributed by atoms with van der Waals surface area (Å²) < 4.78 is 39.0. The number of nitriles is 1. The zero-order chi connectivity index (χ0) is 18.0. The smallest absolute Gasteiger partial charge is 0.368 e. The van der Waals surface area contributed by atoms with Gasteiger partial charge in [0.25, 0.3) is 5.91 Å². The summed E-state index contributed by atoms with van der Waals surface area (Å²) in [6.07, 6.45) is -4.67. The van der Waals surface area contributed by atoms with E-state index in [-0.39, 0.29) is 11.1 Å². The van der Waals surface area contributed by atoms with Crippen molar-refractivity contribution in [1.29, 1.82) is 5.26 Å². The van der Waals surface area contributed by atoms with Crippen molar-refractivity contribution in [1.82, 2.24) is 5.32 Å². The van der Waals surface area contributed by atoms with Gasteiger partial charge in [0.05, 0.1) is 17.0 Å². The molecule has 0 bridgehead atoms. The monoisotopic (exact) mass is 327 g/mol. The second-order valence-electron chi connectivity index (χ2n) is 5.63. The molecule has 1 aromatic rings. The second-order valence-corrected chi connectivity index (χ2v) is 5.63. The molecule has 1 atom stereocenters. The van der Waals surface area contributed by atoms with Gasteiger partial charge in [-0.25, -0.2) is 0 Å². The fourth-order valence-electron chi connectivity index (χ4n) is 1.70. The molecule has 0 fully saturated rings. The summed E-state index contributed by atoms with van der Waals surface area (Å²) in [4.78, 5) is 23.0. The van der Waals surface area contributed by atoms with Crippen molar-refractivity contribution in [3.63, 3.8) is 0 Å². The van der Waals surface area contributed by atoms with E-state index in [4.69, 9.17) is 11.0 Å². The molecule has 1 rings (SSSR count). The van der Waals surface area contributed by atoms with E-state index in [1.54, 1.807) is 0 Å². The Hall–Kier alpha value is -2.56. The van der Waals surface area contributed by atoms with Crippen LogP contribution in [0.15, 0.2) is 18.2 Å². The number of primary amides is 1. The molecule has 5 nitrogen and oxygen atoms in total. The van der Waals surface area contributed by atoms with Crippen molar-refractivity contribution in [2.45, 2.75) is 38.4 Å². The molecule has 124 valence electrons. The summed E-state index contributed by atoms with van der Waals surface area (Å²) >= 11 is 0. The van der Waals surface area contributed by atoms with Crippen LogP contribution < -0.4 is 11.1 Å². The minimum absolute atomic E-state index is 0.0479. The van der Waals surface area contributed by atoms with Gasteiger partial charge in [-0.15, -0.1) is 0 Å². The van der Waals surface area contributed by atoms with Crippen LogP contribution in [0.4, 0.5) is 13.2 Å². The number of rotatable bonds is 4. The number of nitrogens with two attached hydrogens (primary N) is 1. The molecule has 0 saturated carbocycles. The molecule has 23 heavy (non-hydrogen) atoms. The molecule has 2 amide bonds. The van der Waals surface area contributed by atoms with Crippen LogP contribution in [0.25, 0.3) is 0 Å². The van der Waals surface area contributed by atoms with E-state index in [9.17, 15) is 22.8 Å². The first-order valence-electron chi connectivity index (χ1n) is 6.62. The number of amides is 2. The average molecular weight is 327 g/mol. The number of nitrogens with zero attached hydrogens (tertiary/aromatic N) is 1. The first-order chi connectivity index (χ1) is 10.4. The van der Waals surface area contributed by atoms with E-state index < -0.39 is 35.0 Å². The van der Waals surface area contributed by atoms with E-state index in [2.05, 4.69) is 5.32 Å². The zero-order valence-corrected chi connectivity index (χ0v) is 12.8. The summed E-state index contributed by atoms with van der Waals surface area (Å²) in [5.41, 5.74) is 2.49. The number of nitrogens with one attached hydrogen (secondary N) is 1. The zero-order valence-electron chi connectivity index (χ0n) is 12.8. The Labute approximate surface area is 131 Å². The molecule has 0 heterocycles. The molecule has 0 aliphatic rings. The third-order valence-electron chi connectivity index (χ3n) is 3.30. The highest BCUT2D eigenvalue weighted by atomic mass is 19.4. The molecule has 0 aliphatic carbocycles. The predicted molar refractivity (Wildman–Crippen MR) is 76.2 cm³/mol. The van der Waals surface area contributed by atoms with Crippen LogP contribution in [0, 0.1) is 11.3 Å². The maximum atomic E-state index is 13.0. The number of alkyl halides is 3. The van der Waals surface area contributed by atoms with Gasteiger partial charge in [-0.2, -0.15) is 18.4 Å². The predicted octanol–water partition coefficient (Wildman–Crippen LogP) is 2.11. The van der Waals surface area contributed by atoms with Gasteiger partial charge in [0.1, 0.15) is 6.04 Å². The average Bonchev–Trinajstić information content (AvgIpc) is 2.45. The highest BCUT2D eigenvalue weighted by Gasteiger charge is 2.34. The van der Waals surface area contributed by atoms with Gasteiger partial charge in [-0.3, -0.25) is 9.59 Å². The minimum Gasteiger partial charge on any atom is -0.368 e. The molecule has 1 aromatic carbocycles. The Kier molecular flexibility index (Phi) is 5.05. The quantitative estimate of drug-likeness (QED) is 0.886. The van der Waals surface area contributed by atoms with Crippen molar-refractivity contribution in [3.8, 4) is 6.07 Å². The fourth-order valence-corrected chi connectivity index (χ4v) is 1.70. The number of carbonyl (C=O) groups is 2. The van der Waals surface area contributed by atoms with Crippen LogP contribution in [-0.2, 0) is 16.4 Å². The Morgan fingerprint density at radius 1 is 1.22 bits per heavy atom. The van der Waals surface area contributed by atoms with E-state index >= 15 is 0 Å². The summed E-state index contributed by atoms with van der Waals surface area (Å²) in [5.74, 6) is -1.69. The Balaban J connectivity index is 3.38. The van der Waals surface area contributed by atoms with Crippen molar-refractivity contribution < 1.29 is 22.8 Å². The van der Waals surface area contributed by atoms with Crippen molar-refractivity contribution >= 4 is 11.8 Å². The Morgan fingerprint density at radius 3 is 2.17 bits per heavy atom. The molecular weight excluding hydrogens is 311 g/mol. The maximum Gasteiger partial charge on any atom is 0.416 e. The molecular formula is C15H16F3N3O2. The number of benzene rings is 1. The molecule has 0 radical (unpaired) electrons. The summed E-state index contributed by atoms with van der Waals surface area (Å²) in [5, 5.41) is 11.3. The minimum atomic E-state index is -4.67. The molecule has 0 aromatic heterocycles. The Bertz CT molecular complexity index is 676. The topological polar surface area (TPSA) is 96.0 Å². The molecule has 3 N–H and O–H groups in total. The fraction of sp³-hybridized carbons (Fsp3) is 0.400. The number of halogens is 3. The van der Waals surface area contributed by atoms with Gasteiger partial charge in [-0.1, -0.05) is 0 Å². The second kappa shape index (κ2) is 6.28. The van der Waals surface area contributed by atoms with Crippen LogP contribution in [0.2, 0.25) is 0 Å². The van der Waals surface area contributed by atoms with Gasteiger partial charge in [0.15, 0.2) is 0 Å². The number of hydrogen-bond acceptors (Lipinski definition) is 3. The van der Waals surface area contributed by atoms with Crippen molar-refractivity contribution in [2.75, 3.05) is 0 Å². The number of carbonyl (C=O) groups excluding carboxylic acids is 2. The van der Waals surface area contributed by atoms with E-state index in [0.29, 0.717) is 6.07 Å². The Morgan fingerprint density at radius 2 is 1.74 bits per heavy atom. The lowest BCUT2D eigenvalue weighted by Gasteiger charge is -2.20. The summed E-state index contributed by atoms with van der Waals surface area (Å²) in [7, 11) is 0. The van der Waals surface area contributed by atoms with Crippen molar-refractivity contribution in [2.24, 2.45) is 5.73 Å². The molecule has 1 unspecified atom stereocenters. The van der Waals surface area contributed by atoms with Crippen LogP contribution in [0.5, 0.6) is 0 Å². The van der Waals surface area contributed by atoms with Gasteiger partial charge < -0.3 is 11.1 Å². The van der Waals surface area contributed by atoms with Crippen molar-refractivity contribution in [3.05, 3.63) is 34.9 Å². The largest absolute Gasteiger partial charge is 0.416 e. The lowest BCUT2D eigenvalue weighted by Crippen LogP contribution is -2.42. The van der Waals surface area contributed by atoms with Crippen LogP contribution >= 0.6 is 0 Å². The normalized spacial score (nSPS) is 13.1. The summed E-state index contributed by atoms with van der Waals surface area (Å²) in [6, 6.07) is 3.54. The first-order valence-corrected chi connectivity index (χ1v) is 6.62. The van der Waals surface area contributed by atoms with Crippen LogP contribution in [0.1, 0.15) is 42.3 Å². The highest BCUT2D eigenvalue weighted by Crippen LogP contribution is 2.33. The highest BCUT2D eigenvalue weighted by molar-refractivity contribution is 5.97. The van der Waals surface area contributed by atoms with Gasteiger partial charge in [0, 0.05) is 5.56 Å². The number of hydrogen-bond donors (Lipinski definition) is 2. The SMILES string of the molecule is CC(NC(=O)c1cc(C(F)(F)F)cc(C(C)(C)C#N)c1)C(N)=O. The van der Waals surface area contributed by atoms with E-state index in [1.807, 2.05) is 6.07 Å². The lowest BCUT2D eigenvalue weighted by molar-refractivity contribution is -0.137. The maximum absolute atomic E-state index is 13.0. The van der Waals surface area contributed by atoms with Gasteiger partial charge in [-0.05, 0) is 44.5 Å². The van der Waals surface area contributed by atoms with Crippen LogP contribution in [0.3, 0.4) is 0 Å². The molecule has 8 heteroatoms. The molecule has 0 saturated heterocycles. The van der Waals surface area contributed by atoms with E-state index in [1.165, 1.54) is 26.8 Å². The first kappa shape index (κ1) is 18.5. The third-order valence-corrected chi connectivity index (χ3v) is 3.30. The summed E-state index contributed by atoms with van der Waals surface area (Å²) in [6.45, 7) is 4.19. The third kappa shape index (κ3) is 4.45. The van der Waals surface area contributed by atoms with Crippen LogP contribution in [-0.4, -0.2) is 17.9 Å². The van der Waals surface area contributed by atoms with E-state index in [0.717, 1.165) is 6.07 Å². The lowest BCUT2D eigenvalue weighted by atomic mass is 9.84. The van der Waals surface area contributed by atoms with Gasteiger partial charge >= 0.3 is 6.18 Å². The standard InChI is InChI=1S/C15H16F3N3O2/c1-8(12(20)22)21-13(23)9-4-10(14(2,3)7-19)6-11(5-9)15(16,17)18/h4-6,8H,1-3H3,(H2,20,22)(H,21,23). The molecule has 0 spiro atoms.